The molecule has 34 heavy (non-hydrogen) atoms. The number of nitrogens with one attached hydrogen (secondary N) is 1. The number of amides is 1. The Morgan fingerprint density at radius 2 is 2.00 bits per heavy atom. The lowest BCUT2D eigenvalue weighted by Crippen LogP contribution is -2.28. The average Bonchev–Trinajstić information content (AvgIpc) is 3.14. The quantitative estimate of drug-likeness (QED) is 0.373. The van der Waals surface area contributed by atoms with E-state index in [-0.39, 0.29) is 23.7 Å². The Balaban J connectivity index is 1.71. The van der Waals surface area contributed by atoms with E-state index in [0.717, 1.165) is 25.0 Å². The van der Waals surface area contributed by atoms with E-state index in [4.69, 9.17) is 9.47 Å². The van der Waals surface area contributed by atoms with Crippen LogP contribution >= 0.6 is 0 Å². The van der Waals surface area contributed by atoms with Gasteiger partial charge in [0.05, 0.1) is 25.3 Å². The van der Waals surface area contributed by atoms with Crippen LogP contribution in [0.2, 0.25) is 0 Å². The number of aromatic nitrogens is 2. The second-order valence-electron chi connectivity index (χ2n) is 8.09. The van der Waals surface area contributed by atoms with Gasteiger partial charge in [-0.25, -0.2) is 13.5 Å². The molecular formula is C25H25F2N3O4. The van der Waals surface area contributed by atoms with Crippen LogP contribution in [0, 0.1) is 18.6 Å². The highest BCUT2D eigenvalue weighted by atomic mass is 19.1. The smallest absolute Gasteiger partial charge is 0.226 e. The molecule has 1 aromatic heterocycles. The third-order valence-corrected chi connectivity index (χ3v) is 5.76. The van der Waals surface area contributed by atoms with Crippen LogP contribution in [0.3, 0.4) is 0 Å². The normalized spacial score (nSPS) is 15.0. The summed E-state index contributed by atoms with van der Waals surface area (Å²) < 4.78 is 40.2. The summed E-state index contributed by atoms with van der Waals surface area (Å²) >= 11 is 0. The molecule has 0 spiro atoms. The van der Waals surface area contributed by atoms with Gasteiger partial charge in [-0.3, -0.25) is 9.59 Å². The minimum atomic E-state index is -0.837. The lowest BCUT2D eigenvalue weighted by atomic mass is 9.85. The molecule has 1 atom stereocenters. The number of fused-ring (bicyclic) bond motifs is 1. The minimum absolute atomic E-state index is 0.0330. The number of anilines is 1. The fourth-order valence-electron chi connectivity index (χ4n) is 4.07. The van der Waals surface area contributed by atoms with Gasteiger partial charge in [-0.05, 0) is 43.7 Å². The predicted molar refractivity (Wildman–Crippen MR) is 122 cm³/mol. The number of hydrogen-bond acceptors (Lipinski definition) is 5. The fourth-order valence-corrected chi connectivity index (χ4v) is 4.07. The molecule has 0 radical (unpaired) electrons. The maximum Gasteiger partial charge on any atom is 0.226 e. The number of halogens is 2. The molecule has 7 nitrogen and oxygen atoms in total. The highest BCUT2D eigenvalue weighted by Crippen LogP contribution is 2.39. The summed E-state index contributed by atoms with van der Waals surface area (Å²) in [6.07, 6.45) is 1.79. The van der Waals surface area contributed by atoms with Crippen LogP contribution in [0.15, 0.2) is 36.4 Å². The first-order valence-electron chi connectivity index (χ1n) is 11.0. The van der Waals surface area contributed by atoms with Crippen molar-refractivity contribution < 1.29 is 27.8 Å². The number of carbonyl (C=O) groups excluding carboxylic acids is 2. The van der Waals surface area contributed by atoms with Gasteiger partial charge in [0.25, 0.3) is 0 Å². The number of methoxy groups -OCH3 is 1. The molecule has 1 aliphatic heterocycles. The fraction of sp³-hybridized carbons (Fsp3) is 0.320. The van der Waals surface area contributed by atoms with Gasteiger partial charge in [-0.1, -0.05) is 13.3 Å². The molecule has 178 valence electrons. The molecule has 0 saturated carbocycles. The second kappa shape index (κ2) is 9.62. The number of unbranched alkanes of at least 4 members (excludes halogenated alkanes) is 1. The van der Waals surface area contributed by atoms with Crippen molar-refractivity contribution in [3.05, 3.63) is 64.9 Å². The first kappa shape index (κ1) is 23.4. The zero-order chi connectivity index (χ0) is 24.4. The largest absolute Gasteiger partial charge is 0.493 e. The van der Waals surface area contributed by atoms with Crippen LogP contribution < -0.4 is 14.8 Å². The van der Waals surface area contributed by atoms with Crippen LogP contribution in [0.1, 0.15) is 53.7 Å². The highest BCUT2D eigenvalue weighted by Gasteiger charge is 2.37. The van der Waals surface area contributed by atoms with Crippen molar-refractivity contribution in [3.63, 3.8) is 0 Å². The van der Waals surface area contributed by atoms with Gasteiger partial charge in [-0.2, -0.15) is 5.10 Å². The number of nitrogens with zero attached hydrogens (tertiary/aromatic N) is 2. The summed E-state index contributed by atoms with van der Waals surface area (Å²) in [4.78, 5) is 26.0. The van der Waals surface area contributed by atoms with Crippen LogP contribution in [-0.2, 0) is 4.79 Å². The van der Waals surface area contributed by atoms with Gasteiger partial charge in [0.2, 0.25) is 5.91 Å². The van der Waals surface area contributed by atoms with Crippen molar-refractivity contribution in [2.45, 2.75) is 39.0 Å². The third-order valence-electron chi connectivity index (χ3n) is 5.76. The highest BCUT2D eigenvalue weighted by molar-refractivity contribution is 6.08. The van der Waals surface area contributed by atoms with E-state index in [9.17, 15) is 18.4 Å². The van der Waals surface area contributed by atoms with Crippen LogP contribution in [0.5, 0.6) is 11.5 Å². The van der Waals surface area contributed by atoms with E-state index in [2.05, 4.69) is 17.3 Å². The van der Waals surface area contributed by atoms with Crippen LogP contribution in [-0.4, -0.2) is 35.2 Å². The lowest BCUT2D eigenvalue weighted by Gasteiger charge is -2.23. The molecule has 0 bridgehead atoms. The van der Waals surface area contributed by atoms with Gasteiger partial charge in [-0.15, -0.1) is 0 Å². The Morgan fingerprint density at radius 1 is 1.21 bits per heavy atom. The molecule has 0 fully saturated rings. The first-order valence-corrected chi connectivity index (χ1v) is 11.0. The number of ketones is 1. The molecule has 2 heterocycles. The number of Topliss-reactive ketones (excluding diaryl/α,β-unsaturated/α-hetero) is 1. The summed E-state index contributed by atoms with van der Waals surface area (Å²) in [6, 6.07) is 7.98. The Labute approximate surface area is 195 Å². The maximum atomic E-state index is 14.5. The van der Waals surface area contributed by atoms with Gasteiger partial charge in [0.1, 0.15) is 17.3 Å². The molecule has 2 aromatic carbocycles. The number of benzene rings is 2. The van der Waals surface area contributed by atoms with E-state index >= 15 is 0 Å². The lowest BCUT2D eigenvalue weighted by molar-refractivity contribution is -0.116. The van der Waals surface area contributed by atoms with E-state index in [1.54, 1.807) is 25.1 Å². The van der Waals surface area contributed by atoms with Crippen molar-refractivity contribution in [2.24, 2.45) is 0 Å². The van der Waals surface area contributed by atoms with Gasteiger partial charge in [0.15, 0.2) is 23.1 Å². The van der Waals surface area contributed by atoms with E-state index in [1.165, 1.54) is 17.9 Å². The Hall–Kier alpha value is -3.75. The van der Waals surface area contributed by atoms with Crippen molar-refractivity contribution in [2.75, 3.05) is 19.0 Å². The summed E-state index contributed by atoms with van der Waals surface area (Å²) in [6.45, 7) is 4.27. The van der Waals surface area contributed by atoms with Crippen molar-refractivity contribution in [1.82, 2.24) is 9.78 Å². The number of rotatable bonds is 8. The van der Waals surface area contributed by atoms with Crippen LogP contribution in [0.25, 0.3) is 5.69 Å². The van der Waals surface area contributed by atoms with E-state index in [0.29, 0.717) is 34.9 Å². The standard InChI is InChI=1S/C25H25F2N3O4/c1-4-5-10-34-20-9-6-15(11-21(20)33-3)24(32)17-13-22(31)28-25-23(17)14(2)29-30(25)19-8-7-16(26)12-18(19)27/h6-9,11-12,17H,4-5,10,13H2,1-3H3,(H,28,31). The molecular weight excluding hydrogens is 444 g/mol. The number of carbonyl (C=O) groups is 2. The second-order valence-corrected chi connectivity index (χ2v) is 8.09. The summed E-state index contributed by atoms with van der Waals surface area (Å²) in [5.41, 5.74) is 1.28. The van der Waals surface area contributed by atoms with Gasteiger partial charge < -0.3 is 14.8 Å². The predicted octanol–water partition coefficient (Wildman–Crippen LogP) is 4.96. The Morgan fingerprint density at radius 3 is 2.71 bits per heavy atom. The molecule has 1 unspecified atom stereocenters. The van der Waals surface area contributed by atoms with Gasteiger partial charge in [0, 0.05) is 23.6 Å². The molecule has 1 N–H and O–H groups in total. The van der Waals surface area contributed by atoms with Gasteiger partial charge >= 0.3 is 0 Å². The SMILES string of the molecule is CCCCOc1ccc(C(=O)C2CC(=O)Nc3c2c(C)nn3-c2ccc(F)cc2F)cc1OC. The molecule has 1 aliphatic rings. The average molecular weight is 469 g/mol. The number of aryl methyl sites for hydroxylation is 1. The monoisotopic (exact) mass is 469 g/mol. The topological polar surface area (TPSA) is 82.5 Å². The molecule has 0 aliphatic carbocycles. The van der Waals surface area contributed by atoms with E-state index in [1.807, 2.05) is 0 Å². The first-order chi connectivity index (χ1) is 16.3. The molecule has 4 rings (SSSR count). The molecule has 3 aromatic rings. The summed E-state index contributed by atoms with van der Waals surface area (Å²) in [7, 11) is 1.49. The molecule has 0 saturated heterocycles. The molecule has 1 amide bonds. The van der Waals surface area contributed by atoms with E-state index < -0.39 is 23.5 Å². The number of ether oxygens (including phenoxy) is 2. The third kappa shape index (κ3) is 4.37. The minimum Gasteiger partial charge on any atom is -0.493 e. The van der Waals surface area contributed by atoms with Crippen LogP contribution in [0.4, 0.5) is 14.6 Å². The summed E-state index contributed by atoms with van der Waals surface area (Å²) in [5, 5.41) is 7.04. The Bertz CT molecular complexity index is 1260. The Kier molecular flexibility index (Phi) is 6.63. The van der Waals surface area contributed by atoms with Crippen molar-refractivity contribution in [3.8, 4) is 17.2 Å². The number of hydrogen-bond donors (Lipinski definition) is 1. The molecule has 9 heteroatoms. The van der Waals surface area contributed by atoms with Crippen molar-refractivity contribution >= 4 is 17.5 Å². The maximum absolute atomic E-state index is 14.5. The summed E-state index contributed by atoms with van der Waals surface area (Å²) in [5.74, 6) is -1.93. The zero-order valence-electron chi connectivity index (χ0n) is 19.2. The zero-order valence-corrected chi connectivity index (χ0v) is 19.2. The van der Waals surface area contributed by atoms with Crippen molar-refractivity contribution in [1.29, 1.82) is 0 Å².